The van der Waals surface area contributed by atoms with Crippen LogP contribution in [-0.4, -0.2) is 24.5 Å². The van der Waals surface area contributed by atoms with Crippen LogP contribution in [0.4, 0.5) is 0 Å². The van der Waals surface area contributed by atoms with E-state index >= 15 is 0 Å². The van der Waals surface area contributed by atoms with Crippen LogP contribution in [-0.2, 0) is 9.53 Å². The Labute approximate surface area is 177 Å². The summed E-state index contributed by atoms with van der Waals surface area (Å²) in [5.41, 5.74) is 0. The van der Waals surface area contributed by atoms with E-state index in [1.54, 1.807) is 19.1 Å². The minimum atomic E-state index is -0.681. The van der Waals surface area contributed by atoms with Crippen molar-refractivity contribution in [1.29, 1.82) is 0 Å². The highest BCUT2D eigenvalue weighted by Crippen LogP contribution is 2.13. The number of furan rings is 1. The summed E-state index contributed by atoms with van der Waals surface area (Å²) in [6.45, 7) is 4.30. The van der Waals surface area contributed by atoms with Gasteiger partial charge in [0.1, 0.15) is 6.04 Å². The maximum absolute atomic E-state index is 11.9. The molecule has 0 saturated heterocycles. The standard InChI is InChI=1S/C24H41NO4/c1-3-4-5-6-7-8-9-10-11-12-13-14-15-16-19-29-24(27)21(2)25-23(26)22-18-17-20-28-22/h17-18,20-21H,3-16,19H2,1-2H3,(H,25,26). The zero-order valence-electron chi connectivity index (χ0n) is 18.5. The minimum absolute atomic E-state index is 0.191. The molecule has 0 radical (unpaired) electrons. The maximum atomic E-state index is 11.9. The summed E-state index contributed by atoms with van der Waals surface area (Å²) in [7, 11) is 0. The first-order chi connectivity index (χ1) is 14.1. The molecule has 0 aliphatic rings. The van der Waals surface area contributed by atoms with Crippen LogP contribution in [0.1, 0.15) is 114 Å². The van der Waals surface area contributed by atoms with Gasteiger partial charge in [0.25, 0.3) is 5.91 Å². The summed E-state index contributed by atoms with van der Waals surface area (Å²) >= 11 is 0. The van der Waals surface area contributed by atoms with Crippen molar-refractivity contribution in [2.75, 3.05) is 6.61 Å². The van der Waals surface area contributed by atoms with Crippen LogP contribution < -0.4 is 5.32 Å². The molecule has 0 aliphatic heterocycles. The lowest BCUT2D eigenvalue weighted by Crippen LogP contribution is -2.39. The number of esters is 1. The van der Waals surface area contributed by atoms with Crippen molar-refractivity contribution in [3.63, 3.8) is 0 Å². The van der Waals surface area contributed by atoms with Crippen molar-refractivity contribution < 1.29 is 18.7 Å². The SMILES string of the molecule is CCCCCCCCCCCCCCCCOC(=O)C(C)NC(=O)c1ccco1. The molecule has 166 valence electrons. The first-order valence-corrected chi connectivity index (χ1v) is 11.7. The van der Waals surface area contributed by atoms with E-state index in [1.165, 1.54) is 83.3 Å². The minimum Gasteiger partial charge on any atom is -0.464 e. The number of ether oxygens (including phenoxy) is 1. The summed E-state index contributed by atoms with van der Waals surface area (Å²) in [5, 5.41) is 2.58. The van der Waals surface area contributed by atoms with E-state index in [9.17, 15) is 9.59 Å². The van der Waals surface area contributed by atoms with Crippen molar-refractivity contribution in [3.8, 4) is 0 Å². The Kier molecular flexibility index (Phi) is 14.9. The van der Waals surface area contributed by atoms with Crippen molar-refractivity contribution >= 4 is 11.9 Å². The molecule has 0 aliphatic carbocycles. The fraction of sp³-hybridized carbons (Fsp3) is 0.750. The summed E-state index contributed by atoms with van der Waals surface area (Å²) < 4.78 is 10.2. The van der Waals surface area contributed by atoms with E-state index < -0.39 is 17.9 Å². The molecule has 29 heavy (non-hydrogen) atoms. The zero-order valence-corrected chi connectivity index (χ0v) is 18.5. The number of rotatable bonds is 18. The highest BCUT2D eigenvalue weighted by Gasteiger charge is 2.19. The lowest BCUT2D eigenvalue weighted by atomic mass is 10.0. The molecule has 1 amide bonds. The van der Waals surface area contributed by atoms with Gasteiger partial charge in [-0.3, -0.25) is 4.79 Å². The number of carbonyl (C=O) groups is 2. The lowest BCUT2D eigenvalue weighted by molar-refractivity contribution is -0.145. The van der Waals surface area contributed by atoms with E-state index in [1.807, 2.05) is 0 Å². The molecule has 1 aromatic heterocycles. The largest absolute Gasteiger partial charge is 0.464 e. The van der Waals surface area contributed by atoms with E-state index in [0.29, 0.717) is 6.61 Å². The highest BCUT2D eigenvalue weighted by atomic mass is 16.5. The fourth-order valence-corrected chi connectivity index (χ4v) is 3.33. The molecule has 1 unspecified atom stereocenters. The molecule has 1 rings (SSSR count). The van der Waals surface area contributed by atoms with E-state index in [-0.39, 0.29) is 5.76 Å². The molecular formula is C24H41NO4. The second-order valence-corrected chi connectivity index (χ2v) is 7.94. The van der Waals surface area contributed by atoms with Gasteiger partial charge in [0, 0.05) is 0 Å². The van der Waals surface area contributed by atoms with Gasteiger partial charge in [0.15, 0.2) is 5.76 Å². The van der Waals surface area contributed by atoms with E-state index in [2.05, 4.69) is 12.2 Å². The van der Waals surface area contributed by atoms with E-state index in [4.69, 9.17) is 9.15 Å². The van der Waals surface area contributed by atoms with Crippen LogP contribution in [0.2, 0.25) is 0 Å². The number of hydrogen-bond donors (Lipinski definition) is 1. The second kappa shape index (κ2) is 17.1. The van der Waals surface area contributed by atoms with Crippen LogP contribution in [0.5, 0.6) is 0 Å². The Morgan fingerprint density at radius 3 is 1.90 bits per heavy atom. The smallest absolute Gasteiger partial charge is 0.328 e. The first-order valence-electron chi connectivity index (χ1n) is 11.7. The van der Waals surface area contributed by atoms with Crippen LogP contribution in [0.3, 0.4) is 0 Å². The monoisotopic (exact) mass is 407 g/mol. The van der Waals surface area contributed by atoms with Gasteiger partial charge in [-0.15, -0.1) is 0 Å². The Hall–Kier alpha value is -1.78. The molecule has 0 bridgehead atoms. The number of nitrogens with one attached hydrogen (secondary N) is 1. The molecule has 0 saturated carbocycles. The molecule has 1 aromatic rings. The van der Waals surface area contributed by atoms with Crippen molar-refractivity contribution in [1.82, 2.24) is 5.32 Å². The molecule has 1 atom stereocenters. The fourth-order valence-electron chi connectivity index (χ4n) is 3.33. The van der Waals surface area contributed by atoms with Crippen molar-refractivity contribution in [2.45, 2.75) is 110 Å². The Morgan fingerprint density at radius 1 is 0.897 bits per heavy atom. The van der Waals surface area contributed by atoms with Crippen molar-refractivity contribution in [2.24, 2.45) is 0 Å². The molecule has 5 nitrogen and oxygen atoms in total. The zero-order chi connectivity index (χ0) is 21.2. The van der Waals surface area contributed by atoms with Gasteiger partial charge < -0.3 is 14.5 Å². The van der Waals surface area contributed by atoms with Gasteiger partial charge in [0.05, 0.1) is 12.9 Å². The third-order valence-corrected chi connectivity index (χ3v) is 5.19. The predicted octanol–water partition coefficient (Wildman–Crippen LogP) is 6.42. The quantitative estimate of drug-likeness (QED) is 0.225. The Morgan fingerprint density at radius 2 is 1.41 bits per heavy atom. The Bertz CT molecular complexity index is 527. The summed E-state index contributed by atoms with van der Waals surface area (Å²) in [5.74, 6) is -0.618. The molecule has 1 N–H and O–H groups in total. The summed E-state index contributed by atoms with van der Waals surface area (Å²) in [6.07, 6.45) is 19.6. The van der Waals surface area contributed by atoms with Gasteiger partial charge in [-0.2, -0.15) is 0 Å². The Balaban J connectivity index is 1.86. The van der Waals surface area contributed by atoms with Gasteiger partial charge in [-0.1, -0.05) is 90.4 Å². The summed E-state index contributed by atoms with van der Waals surface area (Å²) in [4.78, 5) is 23.7. The molecule has 5 heteroatoms. The predicted molar refractivity (Wildman–Crippen MR) is 117 cm³/mol. The van der Waals surface area contributed by atoms with Gasteiger partial charge in [-0.05, 0) is 25.5 Å². The van der Waals surface area contributed by atoms with Crippen LogP contribution in [0.25, 0.3) is 0 Å². The topological polar surface area (TPSA) is 68.5 Å². The molecular weight excluding hydrogens is 366 g/mol. The normalized spacial score (nSPS) is 11.9. The first kappa shape index (κ1) is 25.3. The van der Waals surface area contributed by atoms with Crippen LogP contribution >= 0.6 is 0 Å². The highest BCUT2D eigenvalue weighted by molar-refractivity contribution is 5.94. The summed E-state index contributed by atoms with van der Waals surface area (Å²) in [6, 6.07) is 2.51. The third kappa shape index (κ3) is 13.1. The van der Waals surface area contributed by atoms with Gasteiger partial charge in [-0.25, -0.2) is 4.79 Å². The molecule has 0 aromatic carbocycles. The molecule has 1 heterocycles. The maximum Gasteiger partial charge on any atom is 0.328 e. The van der Waals surface area contributed by atoms with Crippen molar-refractivity contribution in [3.05, 3.63) is 24.2 Å². The molecule has 0 fully saturated rings. The lowest BCUT2D eigenvalue weighted by Gasteiger charge is -2.12. The third-order valence-electron chi connectivity index (χ3n) is 5.19. The second-order valence-electron chi connectivity index (χ2n) is 7.94. The van der Waals surface area contributed by atoms with E-state index in [0.717, 1.165) is 12.8 Å². The number of carbonyl (C=O) groups excluding carboxylic acids is 2. The average molecular weight is 408 g/mol. The van der Waals surface area contributed by atoms with Gasteiger partial charge in [0.2, 0.25) is 0 Å². The van der Waals surface area contributed by atoms with Crippen LogP contribution in [0.15, 0.2) is 22.8 Å². The van der Waals surface area contributed by atoms with Gasteiger partial charge >= 0.3 is 5.97 Å². The number of amides is 1. The number of hydrogen-bond acceptors (Lipinski definition) is 4. The molecule has 0 spiro atoms. The number of unbranched alkanes of at least 4 members (excludes halogenated alkanes) is 13. The average Bonchev–Trinajstić information content (AvgIpc) is 3.25. The van der Waals surface area contributed by atoms with Crippen LogP contribution in [0, 0.1) is 0 Å².